The van der Waals surface area contributed by atoms with Crippen LogP contribution < -0.4 is 9.62 Å². The highest BCUT2D eigenvalue weighted by molar-refractivity contribution is 7.92. The lowest BCUT2D eigenvalue weighted by atomic mass is 10.0. The molecule has 0 spiro atoms. The molecule has 1 aliphatic rings. The van der Waals surface area contributed by atoms with Crippen LogP contribution in [0.2, 0.25) is 5.02 Å². The Labute approximate surface area is 261 Å². The molecule has 1 atom stereocenters. The molecule has 0 aliphatic heterocycles. The van der Waals surface area contributed by atoms with Gasteiger partial charge in [0.1, 0.15) is 6.04 Å². The molecule has 0 saturated heterocycles. The molecule has 7 nitrogen and oxygen atoms in total. The number of halogens is 1. The monoisotopic (exact) mass is 623 g/mol. The van der Waals surface area contributed by atoms with Crippen LogP contribution in [0.25, 0.3) is 0 Å². The molecule has 0 unspecified atom stereocenters. The van der Waals surface area contributed by atoms with Gasteiger partial charge in [-0.05, 0) is 67.5 Å². The molecule has 0 bridgehead atoms. The van der Waals surface area contributed by atoms with Crippen molar-refractivity contribution in [3.63, 3.8) is 0 Å². The summed E-state index contributed by atoms with van der Waals surface area (Å²) in [5.74, 6) is -0.402. The van der Waals surface area contributed by atoms with Crippen LogP contribution in [0.5, 0.6) is 0 Å². The zero-order chi connectivity index (χ0) is 31.0. The molecule has 9 heteroatoms. The summed E-state index contributed by atoms with van der Waals surface area (Å²) < 4.78 is 27.0. The van der Waals surface area contributed by atoms with Crippen LogP contribution in [0.4, 0.5) is 5.69 Å². The molecule has 0 heterocycles. The van der Waals surface area contributed by atoms with E-state index >= 15 is 0 Å². The van der Waals surface area contributed by atoms with Gasteiger partial charge in [0, 0.05) is 37.0 Å². The first kappa shape index (κ1) is 32.6. The minimum Gasteiger partial charge on any atom is -0.352 e. The van der Waals surface area contributed by atoms with E-state index in [0.717, 1.165) is 47.9 Å². The van der Waals surface area contributed by atoms with E-state index in [2.05, 4.69) is 5.32 Å². The standard InChI is InChI=1S/C34H42ClN3O4S/c1-25-13-11-20-31(26(25)2)38(43(3,41)42)22-12-21-33(39)37(24-28-16-7-10-19-30(28)35)32(23-27-14-5-4-6-15-27)34(40)36-29-17-8-9-18-29/h4-7,10-11,13-16,19-20,29,32H,8-9,12,17-18,21-24H2,1-3H3,(H,36,40)/t32-/m1/s1. The Morgan fingerprint density at radius 1 is 0.953 bits per heavy atom. The number of anilines is 1. The highest BCUT2D eigenvalue weighted by atomic mass is 35.5. The Kier molecular flexibility index (Phi) is 11.3. The molecule has 1 fully saturated rings. The minimum absolute atomic E-state index is 0.0728. The van der Waals surface area contributed by atoms with Crippen molar-refractivity contribution in [2.45, 2.75) is 77.4 Å². The molecule has 43 heavy (non-hydrogen) atoms. The lowest BCUT2D eigenvalue weighted by Gasteiger charge is -2.33. The Balaban J connectivity index is 1.61. The Morgan fingerprint density at radius 3 is 2.30 bits per heavy atom. The molecule has 3 aromatic rings. The molecule has 4 rings (SSSR count). The van der Waals surface area contributed by atoms with Crippen LogP contribution in [-0.4, -0.2) is 50.0 Å². The topological polar surface area (TPSA) is 86.8 Å². The van der Waals surface area contributed by atoms with Crippen LogP contribution in [0.3, 0.4) is 0 Å². The van der Waals surface area contributed by atoms with Gasteiger partial charge in [-0.15, -0.1) is 0 Å². The SMILES string of the molecule is Cc1cccc(N(CCCC(=O)N(Cc2ccccc2Cl)[C@H](Cc2ccccc2)C(=O)NC2CCCC2)S(C)(=O)=O)c1C. The fourth-order valence-electron chi connectivity index (χ4n) is 5.72. The maximum absolute atomic E-state index is 14.1. The summed E-state index contributed by atoms with van der Waals surface area (Å²) >= 11 is 6.53. The third-order valence-corrected chi connectivity index (χ3v) is 9.82. The van der Waals surface area contributed by atoms with Crippen LogP contribution in [0, 0.1) is 13.8 Å². The lowest BCUT2D eigenvalue weighted by molar-refractivity contribution is -0.141. The summed E-state index contributed by atoms with van der Waals surface area (Å²) in [5, 5.41) is 3.73. The van der Waals surface area contributed by atoms with Crippen LogP contribution in [0.1, 0.15) is 60.8 Å². The highest BCUT2D eigenvalue weighted by Crippen LogP contribution is 2.26. The summed E-state index contributed by atoms with van der Waals surface area (Å²) in [6, 6.07) is 21.9. The Bertz CT molecular complexity index is 1510. The quantitative estimate of drug-likeness (QED) is 0.246. The molecular formula is C34H42ClN3O4S. The molecular weight excluding hydrogens is 582 g/mol. The second-order valence-electron chi connectivity index (χ2n) is 11.5. The zero-order valence-electron chi connectivity index (χ0n) is 25.3. The number of rotatable bonds is 13. The van der Waals surface area contributed by atoms with Gasteiger partial charge in [0.15, 0.2) is 0 Å². The van der Waals surface area contributed by atoms with Gasteiger partial charge in [-0.1, -0.05) is 85.1 Å². The molecule has 0 aromatic heterocycles. The normalized spacial score (nSPS) is 14.3. The summed E-state index contributed by atoms with van der Waals surface area (Å²) in [6.07, 6.45) is 5.92. The average Bonchev–Trinajstić information content (AvgIpc) is 3.48. The van der Waals surface area contributed by atoms with Crippen molar-refractivity contribution in [3.8, 4) is 0 Å². The van der Waals surface area contributed by atoms with Crippen LogP contribution >= 0.6 is 11.6 Å². The highest BCUT2D eigenvalue weighted by Gasteiger charge is 2.32. The van der Waals surface area contributed by atoms with E-state index in [4.69, 9.17) is 11.6 Å². The number of hydrogen-bond donors (Lipinski definition) is 1. The van der Waals surface area contributed by atoms with Crippen molar-refractivity contribution < 1.29 is 18.0 Å². The number of sulfonamides is 1. The summed E-state index contributed by atoms with van der Waals surface area (Å²) in [6.45, 7) is 4.16. The number of benzene rings is 3. The van der Waals surface area contributed by atoms with E-state index in [-0.39, 0.29) is 37.4 Å². The third kappa shape index (κ3) is 8.83. The van der Waals surface area contributed by atoms with Gasteiger partial charge in [0.25, 0.3) is 0 Å². The van der Waals surface area contributed by atoms with Crippen molar-refractivity contribution in [2.24, 2.45) is 0 Å². The molecule has 1 saturated carbocycles. The molecule has 1 N–H and O–H groups in total. The number of hydrogen-bond acceptors (Lipinski definition) is 4. The zero-order valence-corrected chi connectivity index (χ0v) is 26.8. The number of nitrogens with one attached hydrogen (secondary N) is 1. The van der Waals surface area contributed by atoms with E-state index < -0.39 is 16.1 Å². The van der Waals surface area contributed by atoms with Crippen molar-refractivity contribution in [2.75, 3.05) is 17.1 Å². The van der Waals surface area contributed by atoms with Gasteiger partial charge < -0.3 is 10.2 Å². The average molecular weight is 624 g/mol. The van der Waals surface area contributed by atoms with E-state index in [1.54, 1.807) is 17.0 Å². The van der Waals surface area contributed by atoms with Gasteiger partial charge in [-0.2, -0.15) is 0 Å². The van der Waals surface area contributed by atoms with Gasteiger partial charge in [-0.3, -0.25) is 13.9 Å². The molecule has 0 radical (unpaired) electrons. The van der Waals surface area contributed by atoms with E-state index in [1.165, 1.54) is 10.6 Å². The Hall–Kier alpha value is -3.36. The first-order valence-electron chi connectivity index (χ1n) is 15.0. The first-order chi connectivity index (χ1) is 20.5. The number of aryl methyl sites for hydroxylation is 1. The third-order valence-electron chi connectivity index (χ3n) is 8.27. The van der Waals surface area contributed by atoms with Gasteiger partial charge in [0.05, 0.1) is 11.9 Å². The van der Waals surface area contributed by atoms with Crippen LogP contribution in [-0.2, 0) is 32.6 Å². The maximum Gasteiger partial charge on any atom is 0.243 e. The van der Waals surface area contributed by atoms with Crippen molar-refractivity contribution >= 4 is 39.1 Å². The summed E-state index contributed by atoms with van der Waals surface area (Å²) in [4.78, 5) is 29.5. The van der Waals surface area contributed by atoms with Gasteiger partial charge >= 0.3 is 0 Å². The lowest BCUT2D eigenvalue weighted by Crippen LogP contribution is -2.52. The molecule has 2 amide bonds. The smallest absolute Gasteiger partial charge is 0.243 e. The van der Waals surface area contributed by atoms with Crippen LogP contribution in [0.15, 0.2) is 72.8 Å². The maximum atomic E-state index is 14.1. The van der Waals surface area contributed by atoms with Crippen molar-refractivity contribution in [3.05, 3.63) is 100 Å². The predicted molar refractivity (Wildman–Crippen MR) is 174 cm³/mol. The first-order valence-corrected chi connectivity index (χ1v) is 17.2. The number of carbonyl (C=O) groups excluding carboxylic acids is 2. The molecule has 1 aliphatic carbocycles. The van der Waals surface area contributed by atoms with Crippen molar-refractivity contribution in [1.29, 1.82) is 0 Å². The second-order valence-corrected chi connectivity index (χ2v) is 13.8. The van der Waals surface area contributed by atoms with Crippen molar-refractivity contribution in [1.82, 2.24) is 10.2 Å². The largest absolute Gasteiger partial charge is 0.352 e. The number of amides is 2. The fourth-order valence-corrected chi connectivity index (χ4v) is 6.93. The number of carbonyl (C=O) groups is 2. The number of nitrogens with zero attached hydrogens (tertiary/aromatic N) is 2. The van der Waals surface area contributed by atoms with Gasteiger partial charge in [0.2, 0.25) is 21.8 Å². The van der Waals surface area contributed by atoms with E-state index in [1.807, 2.05) is 74.5 Å². The molecule has 230 valence electrons. The minimum atomic E-state index is -3.59. The van der Waals surface area contributed by atoms with Gasteiger partial charge in [-0.25, -0.2) is 8.42 Å². The second kappa shape index (κ2) is 14.9. The van der Waals surface area contributed by atoms with E-state index in [0.29, 0.717) is 23.6 Å². The fraction of sp³-hybridized carbons (Fsp3) is 0.412. The summed E-state index contributed by atoms with van der Waals surface area (Å²) in [5.41, 5.74) is 4.18. The summed E-state index contributed by atoms with van der Waals surface area (Å²) in [7, 11) is -3.59. The van der Waals surface area contributed by atoms with E-state index in [9.17, 15) is 18.0 Å². The Morgan fingerprint density at radius 2 is 1.63 bits per heavy atom. The molecule has 3 aromatic carbocycles. The predicted octanol–water partition coefficient (Wildman–Crippen LogP) is 6.20.